The van der Waals surface area contributed by atoms with Crippen molar-refractivity contribution in [2.24, 2.45) is 10.2 Å². The van der Waals surface area contributed by atoms with Crippen molar-refractivity contribution in [1.82, 2.24) is 4.98 Å². The number of hydrogen-bond donors (Lipinski definition) is 4. The predicted octanol–water partition coefficient (Wildman–Crippen LogP) is 2.52. The monoisotopic (exact) mass is 476 g/mol. The van der Waals surface area contributed by atoms with E-state index in [9.17, 15) is 25.7 Å². The predicted molar refractivity (Wildman–Crippen MR) is 124 cm³/mol. The number of rotatable bonds is 6. The zero-order valence-electron chi connectivity index (χ0n) is 18.8. The van der Waals surface area contributed by atoms with Crippen LogP contribution in [0.3, 0.4) is 0 Å². The lowest BCUT2D eigenvalue weighted by Crippen LogP contribution is -2.60. The molecule has 1 aliphatic heterocycles. The molecule has 3 aromatic rings. The van der Waals surface area contributed by atoms with Crippen LogP contribution < -0.4 is 4.74 Å². The fourth-order valence-electron chi connectivity index (χ4n) is 3.68. The molecule has 35 heavy (non-hydrogen) atoms. The lowest BCUT2D eigenvalue weighted by Gasteiger charge is -2.39. The fraction of sp³-hybridized carbons (Fsp3) is 0.280. The molecule has 1 aromatic heterocycles. The molecule has 4 rings (SSSR count). The summed E-state index contributed by atoms with van der Waals surface area (Å²) >= 11 is 0. The number of aliphatic hydroxyl groups is 4. The molecule has 0 saturated carbocycles. The number of nitrogens with zero attached hydrogens (tertiary/aromatic N) is 4. The molecule has 0 amide bonds. The second kappa shape index (κ2) is 10.7. The molecule has 180 valence electrons. The van der Waals surface area contributed by atoms with Gasteiger partial charge in [-0.25, -0.2) is 4.98 Å². The number of pyridine rings is 1. The number of aliphatic hydroxyl groups excluding tert-OH is 4. The van der Waals surface area contributed by atoms with Crippen molar-refractivity contribution < 1.29 is 29.9 Å². The normalized spacial score (nSPS) is 24.3. The maximum Gasteiger partial charge on any atom is 0.235 e. The standard InChI is InChI=1S/C25H24N4O6/c1-14-17(12-26)24(35-25-23(33)22(32)21(31)18(13-30)34-25)27-20(15-8-4-2-5-9-15)19(14)29-28-16-10-6-3-7-11-16/h2-11,18,21-23,25,30-33H,13H2,1H3/t18-,21-,22+,23-,25+/m1/s1. The molecule has 1 saturated heterocycles. The molecule has 1 aliphatic rings. The Labute approximate surface area is 201 Å². The molecule has 0 unspecified atom stereocenters. The van der Waals surface area contributed by atoms with Gasteiger partial charge in [-0.2, -0.15) is 10.4 Å². The molecule has 10 heteroatoms. The van der Waals surface area contributed by atoms with Crippen LogP contribution in [0.2, 0.25) is 0 Å². The van der Waals surface area contributed by atoms with Gasteiger partial charge < -0.3 is 29.9 Å². The maximum atomic E-state index is 10.4. The van der Waals surface area contributed by atoms with Crippen LogP contribution in [0.15, 0.2) is 70.9 Å². The largest absolute Gasteiger partial charge is 0.444 e. The molecular weight excluding hydrogens is 452 g/mol. The Kier molecular flexibility index (Phi) is 7.45. The molecule has 1 fully saturated rings. The average Bonchev–Trinajstić information content (AvgIpc) is 2.89. The Bertz CT molecular complexity index is 1230. The molecule has 0 aliphatic carbocycles. The van der Waals surface area contributed by atoms with E-state index in [0.29, 0.717) is 28.2 Å². The van der Waals surface area contributed by atoms with Crippen molar-refractivity contribution in [3.05, 3.63) is 71.8 Å². The van der Waals surface area contributed by atoms with E-state index in [-0.39, 0.29) is 11.4 Å². The second-order valence-corrected chi connectivity index (χ2v) is 7.94. The highest BCUT2D eigenvalue weighted by Gasteiger charge is 2.45. The molecule has 2 aromatic carbocycles. The smallest absolute Gasteiger partial charge is 0.235 e. The highest BCUT2D eigenvalue weighted by Crippen LogP contribution is 2.39. The first-order valence-corrected chi connectivity index (χ1v) is 10.9. The van der Waals surface area contributed by atoms with Gasteiger partial charge in [0, 0.05) is 11.1 Å². The molecule has 10 nitrogen and oxygen atoms in total. The van der Waals surface area contributed by atoms with Crippen molar-refractivity contribution in [2.45, 2.75) is 37.6 Å². The van der Waals surface area contributed by atoms with Gasteiger partial charge in [-0.3, -0.25) is 0 Å². The van der Waals surface area contributed by atoms with Gasteiger partial charge in [0.2, 0.25) is 12.2 Å². The summed E-state index contributed by atoms with van der Waals surface area (Å²) in [5.74, 6) is -0.160. The van der Waals surface area contributed by atoms with Gasteiger partial charge in [-0.15, -0.1) is 5.11 Å². The lowest BCUT2D eigenvalue weighted by molar-refractivity contribution is -0.278. The number of nitriles is 1. The van der Waals surface area contributed by atoms with Crippen molar-refractivity contribution >= 4 is 11.4 Å². The van der Waals surface area contributed by atoms with Crippen LogP contribution in [0.1, 0.15) is 11.1 Å². The SMILES string of the molecule is Cc1c(C#N)c(O[C@@H]2O[C@H](CO)[C@@H](O)[C@H](O)[C@H]2O)nc(-c2ccccc2)c1N=Nc1ccccc1. The number of ether oxygens (including phenoxy) is 2. The van der Waals surface area contributed by atoms with Crippen molar-refractivity contribution in [3.8, 4) is 23.2 Å². The third kappa shape index (κ3) is 5.05. The number of benzene rings is 2. The van der Waals surface area contributed by atoms with Crippen LogP contribution in [0.4, 0.5) is 11.4 Å². The van der Waals surface area contributed by atoms with Crippen LogP contribution in [0.5, 0.6) is 5.88 Å². The minimum atomic E-state index is -1.65. The summed E-state index contributed by atoms with van der Waals surface area (Å²) in [6.07, 6.45) is -7.49. The Balaban J connectivity index is 1.80. The van der Waals surface area contributed by atoms with Gasteiger partial charge in [-0.1, -0.05) is 48.5 Å². The minimum absolute atomic E-state index is 0.0312. The van der Waals surface area contributed by atoms with E-state index in [0.717, 1.165) is 0 Å². The highest BCUT2D eigenvalue weighted by molar-refractivity contribution is 5.77. The average molecular weight is 476 g/mol. The third-order valence-electron chi connectivity index (χ3n) is 5.64. The van der Waals surface area contributed by atoms with Gasteiger partial charge in [0.05, 0.1) is 12.3 Å². The van der Waals surface area contributed by atoms with Gasteiger partial charge in [-0.05, 0) is 19.1 Å². The summed E-state index contributed by atoms with van der Waals surface area (Å²) in [5.41, 5.74) is 2.50. The van der Waals surface area contributed by atoms with E-state index in [1.54, 1.807) is 19.1 Å². The van der Waals surface area contributed by atoms with Crippen molar-refractivity contribution in [2.75, 3.05) is 6.61 Å². The summed E-state index contributed by atoms with van der Waals surface area (Å²) in [4.78, 5) is 4.51. The van der Waals surface area contributed by atoms with E-state index in [4.69, 9.17) is 9.47 Å². The summed E-state index contributed by atoms with van der Waals surface area (Å²) in [6.45, 7) is 1.06. The topological polar surface area (TPSA) is 161 Å². The van der Waals surface area contributed by atoms with Gasteiger partial charge >= 0.3 is 0 Å². The Hall–Kier alpha value is -3.72. The van der Waals surface area contributed by atoms with Crippen LogP contribution in [-0.2, 0) is 4.74 Å². The molecule has 5 atom stereocenters. The molecule has 4 N–H and O–H groups in total. The van der Waals surface area contributed by atoms with E-state index < -0.39 is 37.3 Å². The zero-order valence-corrected chi connectivity index (χ0v) is 18.8. The lowest BCUT2D eigenvalue weighted by atomic mass is 9.99. The summed E-state index contributed by atoms with van der Waals surface area (Å²) < 4.78 is 11.2. The molecule has 0 radical (unpaired) electrons. The Morgan fingerprint density at radius 3 is 2.26 bits per heavy atom. The molecule has 0 spiro atoms. The van der Waals surface area contributed by atoms with E-state index in [1.165, 1.54) is 0 Å². The maximum absolute atomic E-state index is 10.4. The van der Waals surface area contributed by atoms with Crippen molar-refractivity contribution in [3.63, 3.8) is 0 Å². The molecule has 2 heterocycles. The fourth-order valence-corrected chi connectivity index (χ4v) is 3.68. The van der Waals surface area contributed by atoms with E-state index in [2.05, 4.69) is 15.2 Å². The Morgan fingerprint density at radius 1 is 0.971 bits per heavy atom. The number of aromatic nitrogens is 1. The first kappa shape index (κ1) is 24.4. The summed E-state index contributed by atoms with van der Waals surface area (Å²) in [6, 6.07) is 20.2. The van der Waals surface area contributed by atoms with Crippen LogP contribution >= 0.6 is 0 Å². The molecular formula is C25H24N4O6. The van der Waals surface area contributed by atoms with Gasteiger partial charge in [0.15, 0.2) is 0 Å². The van der Waals surface area contributed by atoms with Gasteiger partial charge in [0.25, 0.3) is 0 Å². The molecule has 0 bridgehead atoms. The summed E-state index contributed by atoms with van der Waals surface area (Å²) in [5, 5.41) is 58.5. The first-order valence-electron chi connectivity index (χ1n) is 10.9. The van der Waals surface area contributed by atoms with Crippen molar-refractivity contribution in [1.29, 1.82) is 5.26 Å². The third-order valence-corrected chi connectivity index (χ3v) is 5.64. The van der Waals surface area contributed by atoms with Crippen LogP contribution in [0, 0.1) is 18.3 Å². The van der Waals surface area contributed by atoms with Crippen LogP contribution in [-0.4, -0.2) is 62.7 Å². The highest BCUT2D eigenvalue weighted by atomic mass is 16.7. The second-order valence-electron chi connectivity index (χ2n) is 7.94. The Morgan fingerprint density at radius 2 is 1.63 bits per heavy atom. The summed E-state index contributed by atoms with van der Waals surface area (Å²) in [7, 11) is 0. The van der Waals surface area contributed by atoms with E-state index >= 15 is 0 Å². The minimum Gasteiger partial charge on any atom is -0.444 e. The number of hydrogen-bond acceptors (Lipinski definition) is 10. The quantitative estimate of drug-likeness (QED) is 0.395. The number of azo groups is 1. The van der Waals surface area contributed by atoms with Crippen LogP contribution in [0.25, 0.3) is 11.3 Å². The first-order chi connectivity index (χ1) is 16.9. The van der Waals surface area contributed by atoms with Gasteiger partial charge in [0.1, 0.15) is 47.4 Å². The van der Waals surface area contributed by atoms with E-state index in [1.807, 2.05) is 54.6 Å². The zero-order chi connectivity index (χ0) is 24.9.